The summed E-state index contributed by atoms with van der Waals surface area (Å²) in [4.78, 5) is 0. The number of hydrogen-bond acceptors (Lipinski definition) is 2. The Bertz CT molecular complexity index is 1020. The molecule has 1 unspecified atom stereocenters. The zero-order valence-corrected chi connectivity index (χ0v) is 20.4. The minimum Gasteiger partial charge on any atom is -0.344 e. The lowest BCUT2D eigenvalue weighted by molar-refractivity contribution is 0.359. The van der Waals surface area contributed by atoms with E-state index in [4.69, 9.17) is 0 Å². The quantitative estimate of drug-likeness (QED) is 0.374. The zero-order chi connectivity index (χ0) is 22.5. The second-order valence-corrected chi connectivity index (χ2v) is 10.5. The highest BCUT2D eigenvalue weighted by atomic mass is 15.0. The highest BCUT2D eigenvalue weighted by Gasteiger charge is 2.23. The van der Waals surface area contributed by atoms with Crippen LogP contribution in [-0.4, -0.2) is 30.2 Å². The highest BCUT2D eigenvalue weighted by Crippen LogP contribution is 2.37. The maximum absolute atomic E-state index is 3.89. The van der Waals surface area contributed by atoms with Crippen LogP contribution in [-0.2, 0) is 6.42 Å². The van der Waals surface area contributed by atoms with E-state index >= 15 is 0 Å². The molecule has 2 aromatic carbocycles. The van der Waals surface area contributed by atoms with Gasteiger partial charge in [0.05, 0.1) is 0 Å². The summed E-state index contributed by atoms with van der Waals surface area (Å²) in [6, 6.07) is 19.7. The fourth-order valence-corrected chi connectivity index (χ4v) is 6.20. The maximum atomic E-state index is 3.89. The van der Waals surface area contributed by atoms with Crippen LogP contribution in [0.5, 0.6) is 0 Å². The molecule has 1 aliphatic heterocycles. The molecule has 2 aliphatic rings. The van der Waals surface area contributed by atoms with Crippen LogP contribution >= 0.6 is 0 Å². The summed E-state index contributed by atoms with van der Waals surface area (Å²) in [6.45, 7) is 5.62. The van der Waals surface area contributed by atoms with Crippen LogP contribution in [0.4, 0.5) is 0 Å². The van der Waals surface area contributed by atoms with Gasteiger partial charge in [0, 0.05) is 29.2 Å². The first kappa shape index (κ1) is 25.0. The van der Waals surface area contributed by atoms with E-state index in [2.05, 4.69) is 76.9 Å². The Morgan fingerprint density at radius 2 is 1.76 bits per heavy atom. The Morgan fingerprint density at radius 3 is 2.56 bits per heavy atom. The first-order chi connectivity index (χ1) is 16.3. The SMILES string of the molecule is C.Cc1cccc(CC(CCNC2CCNCC2)c2cn(C3CCCCC3)c3ccccc23)c1. The summed E-state index contributed by atoms with van der Waals surface area (Å²) >= 11 is 0. The molecule has 3 heteroatoms. The van der Waals surface area contributed by atoms with Gasteiger partial charge in [-0.15, -0.1) is 0 Å². The van der Waals surface area contributed by atoms with E-state index in [0.717, 1.165) is 26.1 Å². The topological polar surface area (TPSA) is 29.0 Å². The second kappa shape index (κ2) is 12.0. The minimum atomic E-state index is 0. The zero-order valence-electron chi connectivity index (χ0n) is 20.4. The number of nitrogens with zero attached hydrogens (tertiary/aromatic N) is 1. The van der Waals surface area contributed by atoms with Gasteiger partial charge in [0.1, 0.15) is 0 Å². The van der Waals surface area contributed by atoms with Gasteiger partial charge >= 0.3 is 0 Å². The molecule has 1 saturated carbocycles. The van der Waals surface area contributed by atoms with Gasteiger partial charge in [-0.25, -0.2) is 0 Å². The van der Waals surface area contributed by atoms with Gasteiger partial charge in [0.15, 0.2) is 0 Å². The molecule has 1 aromatic heterocycles. The number of hydrogen-bond donors (Lipinski definition) is 2. The molecule has 34 heavy (non-hydrogen) atoms. The van der Waals surface area contributed by atoms with Crippen molar-refractivity contribution in [3.63, 3.8) is 0 Å². The molecule has 0 bridgehead atoms. The van der Waals surface area contributed by atoms with Crippen LogP contribution in [0.15, 0.2) is 54.7 Å². The van der Waals surface area contributed by atoms with Crippen LogP contribution in [0.25, 0.3) is 10.9 Å². The second-order valence-electron chi connectivity index (χ2n) is 10.5. The van der Waals surface area contributed by atoms with Gasteiger partial charge in [-0.3, -0.25) is 0 Å². The first-order valence-electron chi connectivity index (χ1n) is 13.4. The largest absolute Gasteiger partial charge is 0.344 e. The Kier molecular flexibility index (Phi) is 8.86. The van der Waals surface area contributed by atoms with Crippen molar-refractivity contribution in [3.05, 3.63) is 71.4 Å². The monoisotopic (exact) mass is 459 g/mol. The molecule has 0 radical (unpaired) electrons. The van der Waals surface area contributed by atoms with E-state index in [9.17, 15) is 0 Å². The summed E-state index contributed by atoms with van der Waals surface area (Å²) < 4.78 is 2.65. The number of benzene rings is 2. The first-order valence-corrected chi connectivity index (χ1v) is 13.4. The Morgan fingerprint density at radius 1 is 0.971 bits per heavy atom. The van der Waals surface area contributed by atoms with Gasteiger partial charge in [-0.2, -0.15) is 0 Å². The summed E-state index contributed by atoms with van der Waals surface area (Å²) in [7, 11) is 0. The van der Waals surface area contributed by atoms with Crippen LogP contribution < -0.4 is 10.6 Å². The smallest absolute Gasteiger partial charge is 0.0485 e. The van der Waals surface area contributed by atoms with Crippen molar-refractivity contribution in [2.24, 2.45) is 0 Å². The lowest BCUT2D eigenvalue weighted by Crippen LogP contribution is -2.40. The molecule has 1 atom stereocenters. The predicted molar refractivity (Wildman–Crippen MR) is 147 cm³/mol. The van der Waals surface area contributed by atoms with Gasteiger partial charge in [-0.1, -0.05) is 74.7 Å². The van der Waals surface area contributed by atoms with Gasteiger partial charge in [-0.05, 0) is 88.2 Å². The fourth-order valence-electron chi connectivity index (χ4n) is 6.20. The van der Waals surface area contributed by atoms with E-state index in [1.54, 1.807) is 5.56 Å². The van der Waals surface area contributed by atoms with Gasteiger partial charge in [0.25, 0.3) is 0 Å². The lowest BCUT2D eigenvalue weighted by Gasteiger charge is -2.25. The molecule has 5 rings (SSSR count). The van der Waals surface area contributed by atoms with E-state index in [1.807, 2.05) is 0 Å². The standard InChI is InChI=1S/C30H41N3.CH4/c1-23-8-7-9-24(20-23)21-25(14-19-32-26-15-17-31-18-16-26)29-22-33(27-10-3-2-4-11-27)30-13-6-5-12-28(29)30;/h5-9,12-13,20,22,25-27,31-32H,2-4,10-11,14-19,21H2,1H3;1H4. The van der Waals surface area contributed by atoms with Gasteiger partial charge < -0.3 is 15.2 Å². The molecular formula is C31H45N3. The van der Waals surface area contributed by atoms with E-state index in [1.165, 1.54) is 73.4 Å². The van der Waals surface area contributed by atoms with Crippen molar-refractivity contribution < 1.29 is 0 Å². The molecule has 0 amide bonds. The van der Waals surface area contributed by atoms with E-state index in [0.29, 0.717) is 18.0 Å². The molecule has 1 saturated heterocycles. The Balaban J connectivity index is 0.00000274. The number of rotatable bonds is 8. The third-order valence-corrected chi connectivity index (χ3v) is 8.01. The molecule has 3 aromatic rings. The van der Waals surface area contributed by atoms with Crippen molar-refractivity contribution in [1.82, 2.24) is 15.2 Å². The fraction of sp³-hybridized carbons (Fsp3) is 0.548. The number of piperidine rings is 1. The normalized spacial score (nSPS) is 18.6. The number of aromatic nitrogens is 1. The molecule has 0 spiro atoms. The molecule has 2 N–H and O–H groups in total. The van der Waals surface area contributed by atoms with Crippen molar-refractivity contribution in [2.45, 2.75) is 90.1 Å². The molecule has 2 fully saturated rings. The average molecular weight is 460 g/mol. The lowest BCUT2D eigenvalue weighted by atomic mass is 9.88. The van der Waals surface area contributed by atoms with Crippen LogP contribution in [0.1, 0.15) is 87.4 Å². The van der Waals surface area contributed by atoms with Gasteiger partial charge in [0.2, 0.25) is 0 Å². The van der Waals surface area contributed by atoms with E-state index in [-0.39, 0.29) is 7.43 Å². The number of fused-ring (bicyclic) bond motifs is 1. The summed E-state index contributed by atoms with van der Waals surface area (Å²) in [5.74, 6) is 0.538. The average Bonchev–Trinajstić information content (AvgIpc) is 3.24. The van der Waals surface area contributed by atoms with Crippen molar-refractivity contribution >= 4 is 10.9 Å². The highest BCUT2D eigenvalue weighted by molar-refractivity contribution is 5.84. The maximum Gasteiger partial charge on any atom is 0.0485 e. The summed E-state index contributed by atoms with van der Waals surface area (Å²) in [5, 5.41) is 8.85. The van der Waals surface area contributed by atoms with E-state index < -0.39 is 0 Å². The van der Waals surface area contributed by atoms with Crippen LogP contribution in [0, 0.1) is 6.92 Å². The number of aryl methyl sites for hydroxylation is 1. The molecule has 184 valence electrons. The molecule has 1 aliphatic carbocycles. The third-order valence-electron chi connectivity index (χ3n) is 8.01. The van der Waals surface area contributed by atoms with Crippen molar-refractivity contribution in [3.8, 4) is 0 Å². The number of nitrogens with one attached hydrogen (secondary N) is 2. The molecule has 3 nitrogen and oxygen atoms in total. The Labute approximate surface area is 207 Å². The summed E-state index contributed by atoms with van der Waals surface area (Å²) in [6.07, 6.45) is 14.2. The summed E-state index contributed by atoms with van der Waals surface area (Å²) in [5.41, 5.74) is 5.84. The van der Waals surface area contributed by atoms with Crippen LogP contribution in [0.3, 0.4) is 0 Å². The molecular weight excluding hydrogens is 414 g/mol. The number of para-hydroxylation sites is 1. The van der Waals surface area contributed by atoms with Crippen molar-refractivity contribution in [2.75, 3.05) is 19.6 Å². The molecule has 2 heterocycles. The predicted octanol–water partition coefficient (Wildman–Crippen LogP) is 7.15. The van der Waals surface area contributed by atoms with Crippen molar-refractivity contribution in [1.29, 1.82) is 0 Å². The van der Waals surface area contributed by atoms with Crippen LogP contribution in [0.2, 0.25) is 0 Å². The third kappa shape index (κ3) is 5.93. The Hall–Kier alpha value is -2.10. The minimum absolute atomic E-state index is 0.